The van der Waals surface area contributed by atoms with Gasteiger partial charge < -0.3 is 4.90 Å². The summed E-state index contributed by atoms with van der Waals surface area (Å²) in [6.07, 6.45) is 0. The molecule has 0 fully saturated rings. The van der Waals surface area contributed by atoms with Crippen LogP contribution in [0.25, 0.3) is 0 Å². The monoisotopic (exact) mass is 386 g/mol. The van der Waals surface area contributed by atoms with Crippen LogP contribution in [0.15, 0.2) is 76.3 Å². The second-order valence-corrected chi connectivity index (χ2v) is 8.59. The first-order valence-electron chi connectivity index (χ1n) is 7.92. The Bertz CT molecular complexity index is 985. The summed E-state index contributed by atoms with van der Waals surface area (Å²) in [5.41, 5.74) is 1.58. The van der Waals surface area contributed by atoms with Crippen molar-refractivity contribution in [3.63, 3.8) is 0 Å². The Hall–Kier alpha value is -2.64. The van der Waals surface area contributed by atoms with Crippen molar-refractivity contribution in [2.24, 2.45) is 0 Å². The highest BCUT2D eigenvalue weighted by atomic mass is 32.2. The van der Waals surface area contributed by atoms with Gasteiger partial charge in [-0.2, -0.15) is 0 Å². The number of carbonyl (C=O) groups excluding carboxylic acids is 1. The molecule has 26 heavy (non-hydrogen) atoms. The number of para-hydroxylation sites is 1. The van der Waals surface area contributed by atoms with Gasteiger partial charge in [0, 0.05) is 13.6 Å². The molecular formula is C19H18N2O3S2. The van der Waals surface area contributed by atoms with Crippen molar-refractivity contribution >= 4 is 33.0 Å². The molecule has 7 heteroatoms. The zero-order valence-corrected chi connectivity index (χ0v) is 15.8. The maximum Gasteiger partial charge on any atom is 0.271 e. The molecule has 1 amide bonds. The van der Waals surface area contributed by atoms with Gasteiger partial charge in [-0.3, -0.25) is 9.52 Å². The number of hydrogen-bond donors (Lipinski definition) is 1. The lowest BCUT2D eigenvalue weighted by Crippen LogP contribution is -2.27. The van der Waals surface area contributed by atoms with Gasteiger partial charge in [0.2, 0.25) is 0 Å². The number of sulfonamides is 1. The van der Waals surface area contributed by atoms with E-state index >= 15 is 0 Å². The summed E-state index contributed by atoms with van der Waals surface area (Å²) in [5, 5.41) is 1.69. The van der Waals surface area contributed by atoms with Crippen LogP contribution < -0.4 is 4.72 Å². The van der Waals surface area contributed by atoms with Crippen molar-refractivity contribution in [1.82, 2.24) is 4.90 Å². The molecule has 134 valence electrons. The van der Waals surface area contributed by atoms with Crippen LogP contribution >= 0.6 is 11.3 Å². The number of nitrogens with one attached hydrogen (secondary N) is 1. The smallest absolute Gasteiger partial charge is 0.271 e. The average Bonchev–Trinajstić information content (AvgIpc) is 3.18. The Morgan fingerprint density at radius 1 is 1.00 bits per heavy atom. The Labute approximate surface area is 157 Å². The molecule has 0 bridgehead atoms. The van der Waals surface area contributed by atoms with Crippen molar-refractivity contribution in [1.29, 1.82) is 0 Å². The summed E-state index contributed by atoms with van der Waals surface area (Å²) in [4.78, 5) is 14.4. The average molecular weight is 386 g/mol. The first kappa shape index (κ1) is 18.2. The molecule has 0 saturated heterocycles. The van der Waals surface area contributed by atoms with Gasteiger partial charge in [0.05, 0.1) is 11.3 Å². The molecule has 0 atom stereocenters. The van der Waals surface area contributed by atoms with Crippen LogP contribution in [0.1, 0.15) is 15.9 Å². The zero-order valence-electron chi connectivity index (χ0n) is 14.1. The van der Waals surface area contributed by atoms with Crippen molar-refractivity contribution in [2.45, 2.75) is 10.8 Å². The SMILES string of the molecule is CN(Cc1ccccc1)C(=O)c1ccccc1NS(=O)(=O)c1cccs1. The van der Waals surface area contributed by atoms with Gasteiger partial charge in [-0.15, -0.1) is 11.3 Å². The third-order valence-corrected chi connectivity index (χ3v) is 6.53. The van der Waals surface area contributed by atoms with Gasteiger partial charge in [0.15, 0.2) is 0 Å². The van der Waals surface area contributed by atoms with Gasteiger partial charge in [0.25, 0.3) is 15.9 Å². The van der Waals surface area contributed by atoms with Crippen molar-refractivity contribution in [2.75, 3.05) is 11.8 Å². The molecule has 0 aliphatic heterocycles. The second-order valence-electron chi connectivity index (χ2n) is 5.73. The van der Waals surface area contributed by atoms with E-state index in [1.165, 1.54) is 6.07 Å². The summed E-state index contributed by atoms with van der Waals surface area (Å²) in [7, 11) is -2.02. The lowest BCUT2D eigenvalue weighted by atomic mass is 10.1. The Kier molecular flexibility index (Phi) is 5.39. The molecule has 0 radical (unpaired) electrons. The molecule has 0 aliphatic rings. The van der Waals surface area contributed by atoms with Gasteiger partial charge in [-0.05, 0) is 29.1 Å². The molecule has 0 unspecified atom stereocenters. The lowest BCUT2D eigenvalue weighted by molar-refractivity contribution is 0.0786. The number of thiophene rings is 1. The Balaban J connectivity index is 1.83. The first-order chi connectivity index (χ1) is 12.5. The van der Waals surface area contributed by atoms with E-state index in [2.05, 4.69) is 4.72 Å². The minimum absolute atomic E-state index is 0.206. The van der Waals surface area contributed by atoms with Gasteiger partial charge in [-0.25, -0.2) is 8.42 Å². The van der Waals surface area contributed by atoms with Crippen LogP contribution in [0.4, 0.5) is 5.69 Å². The highest BCUT2D eigenvalue weighted by Gasteiger charge is 2.21. The molecule has 1 aromatic heterocycles. The van der Waals surface area contributed by atoms with E-state index in [4.69, 9.17) is 0 Å². The number of anilines is 1. The molecule has 0 aliphatic carbocycles. The molecule has 5 nitrogen and oxygen atoms in total. The number of nitrogens with zero attached hydrogens (tertiary/aromatic N) is 1. The van der Waals surface area contributed by atoms with E-state index in [1.807, 2.05) is 30.3 Å². The highest BCUT2D eigenvalue weighted by molar-refractivity contribution is 7.94. The Morgan fingerprint density at radius 2 is 1.69 bits per heavy atom. The normalized spacial score (nSPS) is 11.1. The quantitative estimate of drug-likeness (QED) is 0.700. The van der Waals surface area contributed by atoms with Crippen LogP contribution in [-0.2, 0) is 16.6 Å². The summed E-state index contributed by atoms with van der Waals surface area (Å²) in [6, 6.07) is 19.4. The fraction of sp³-hybridized carbons (Fsp3) is 0.105. The van der Waals surface area contributed by atoms with Crippen LogP contribution in [0.3, 0.4) is 0 Å². The molecular weight excluding hydrogens is 368 g/mol. The summed E-state index contributed by atoms with van der Waals surface area (Å²) in [6.45, 7) is 0.436. The van der Waals surface area contributed by atoms with E-state index in [0.717, 1.165) is 16.9 Å². The molecule has 3 aromatic rings. The standard InChI is InChI=1S/C19H18N2O3S2/c1-21(14-15-8-3-2-4-9-15)19(22)16-10-5-6-11-17(16)20-26(23,24)18-12-7-13-25-18/h2-13,20H,14H2,1H3. The summed E-state index contributed by atoms with van der Waals surface area (Å²) in [5.74, 6) is -0.252. The van der Waals surface area contributed by atoms with Crippen LogP contribution in [0.5, 0.6) is 0 Å². The summed E-state index contributed by atoms with van der Waals surface area (Å²) >= 11 is 1.13. The largest absolute Gasteiger partial charge is 0.337 e. The third kappa shape index (κ3) is 4.12. The topological polar surface area (TPSA) is 66.5 Å². The van der Waals surface area contributed by atoms with Crippen molar-refractivity contribution in [3.8, 4) is 0 Å². The summed E-state index contributed by atoms with van der Waals surface area (Å²) < 4.78 is 27.7. The third-order valence-electron chi connectivity index (χ3n) is 3.77. The molecule has 0 saturated carbocycles. The molecule has 3 rings (SSSR count). The van der Waals surface area contributed by atoms with Crippen LogP contribution in [0, 0.1) is 0 Å². The fourth-order valence-corrected chi connectivity index (χ4v) is 4.58. The molecule has 0 spiro atoms. The number of benzene rings is 2. The molecule has 1 heterocycles. The van der Waals surface area contributed by atoms with Crippen molar-refractivity contribution in [3.05, 3.63) is 83.2 Å². The zero-order chi connectivity index (χ0) is 18.6. The van der Waals surface area contributed by atoms with Crippen LogP contribution in [0.2, 0.25) is 0 Å². The van der Waals surface area contributed by atoms with Gasteiger partial charge >= 0.3 is 0 Å². The highest BCUT2D eigenvalue weighted by Crippen LogP contribution is 2.24. The van der Waals surface area contributed by atoms with E-state index in [0.29, 0.717) is 12.1 Å². The van der Waals surface area contributed by atoms with E-state index in [-0.39, 0.29) is 15.8 Å². The van der Waals surface area contributed by atoms with Gasteiger partial charge in [-0.1, -0.05) is 48.5 Å². The van der Waals surface area contributed by atoms with Crippen molar-refractivity contribution < 1.29 is 13.2 Å². The second kappa shape index (κ2) is 7.72. The van der Waals surface area contributed by atoms with Crippen LogP contribution in [-0.4, -0.2) is 26.3 Å². The van der Waals surface area contributed by atoms with E-state index < -0.39 is 10.0 Å². The minimum Gasteiger partial charge on any atom is -0.337 e. The predicted molar refractivity (Wildman–Crippen MR) is 104 cm³/mol. The maximum atomic E-state index is 12.8. The number of hydrogen-bond acceptors (Lipinski definition) is 4. The predicted octanol–water partition coefficient (Wildman–Crippen LogP) is 3.82. The van der Waals surface area contributed by atoms with E-state index in [1.54, 1.807) is 47.7 Å². The number of carbonyl (C=O) groups is 1. The molecule has 2 aromatic carbocycles. The number of rotatable bonds is 6. The fourth-order valence-electron chi connectivity index (χ4n) is 2.50. The number of amides is 1. The lowest BCUT2D eigenvalue weighted by Gasteiger charge is -2.19. The van der Waals surface area contributed by atoms with Gasteiger partial charge in [0.1, 0.15) is 4.21 Å². The minimum atomic E-state index is -3.71. The van der Waals surface area contributed by atoms with E-state index in [9.17, 15) is 13.2 Å². The molecule has 1 N–H and O–H groups in total. The first-order valence-corrected chi connectivity index (χ1v) is 10.3. The Morgan fingerprint density at radius 3 is 2.38 bits per heavy atom. The maximum absolute atomic E-state index is 12.8.